The fourth-order valence-corrected chi connectivity index (χ4v) is 1.84. The standard InChI is InChI=1S/C9H16N2S/c10-5-9(6-11)2-1-8-3-4-12-7-8/h3-4,7,9H,1-2,5-6,10-11H2. The van der Waals surface area contributed by atoms with Crippen LogP contribution < -0.4 is 11.5 Å². The molecule has 1 rings (SSSR count). The Morgan fingerprint density at radius 1 is 1.33 bits per heavy atom. The average molecular weight is 184 g/mol. The maximum atomic E-state index is 5.55. The minimum Gasteiger partial charge on any atom is -0.330 e. The van der Waals surface area contributed by atoms with Crippen molar-refractivity contribution in [2.24, 2.45) is 17.4 Å². The third-order valence-electron chi connectivity index (χ3n) is 2.09. The van der Waals surface area contributed by atoms with Crippen LogP contribution in [-0.4, -0.2) is 13.1 Å². The van der Waals surface area contributed by atoms with Crippen molar-refractivity contribution in [3.05, 3.63) is 22.4 Å². The summed E-state index contributed by atoms with van der Waals surface area (Å²) in [5, 5.41) is 4.29. The minimum absolute atomic E-state index is 0.491. The van der Waals surface area contributed by atoms with E-state index in [1.807, 2.05) is 0 Å². The topological polar surface area (TPSA) is 52.0 Å². The lowest BCUT2D eigenvalue weighted by Gasteiger charge is -2.10. The number of rotatable bonds is 5. The van der Waals surface area contributed by atoms with Crippen molar-refractivity contribution < 1.29 is 0 Å². The summed E-state index contributed by atoms with van der Waals surface area (Å²) in [7, 11) is 0. The van der Waals surface area contributed by atoms with Gasteiger partial charge in [0.2, 0.25) is 0 Å². The predicted molar refractivity (Wildman–Crippen MR) is 54.2 cm³/mol. The van der Waals surface area contributed by atoms with Gasteiger partial charge in [0.05, 0.1) is 0 Å². The summed E-state index contributed by atoms with van der Waals surface area (Å²) >= 11 is 1.74. The molecule has 1 aromatic heterocycles. The Morgan fingerprint density at radius 2 is 2.08 bits per heavy atom. The van der Waals surface area contributed by atoms with Crippen molar-refractivity contribution in [1.82, 2.24) is 0 Å². The highest BCUT2D eigenvalue weighted by Crippen LogP contribution is 2.11. The van der Waals surface area contributed by atoms with Crippen molar-refractivity contribution in [3.8, 4) is 0 Å². The van der Waals surface area contributed by atoms with Crippen molar-refractivity contribution in [1.29, 1.82) is 0 Å². The Hall–Kier alpha value is -0.380. The first-order valence-electron chi connectivity index (χ1n) is 4.28. The maximum absolute atomic E-state index is 5.55. The first kappa shape index (κ1) is 9.71. The Morgan fingerprint density at radius 3 is 2.58 bits per heavy atom. The summed E-state index contributed by atoms with van der Waals surface area (Å²) in [4.78, 5) is 0. The number of aryl methyl sites for hydroxylation is 1. The van der Waals surface area contributed by atoms with Gasteiger partial charge in [-0.05, 0) is 54.2 Å². The predicted octanol–water partition coefficient (Wildman–Crippen LogP) is 1.21. The molecule has 0 fully saturated rings. The summed E-state index contributed by atoms with van der Waals surface area (Å²) in [5.41, 5.74) is 12.5. The lowest BCUT2D eigenvalue weighted by atomic mass is 10.0. The van der Waals surface area contributed by atoms with E-state index in [2.05, 4.69) is 16.8 Å². The zero-order valence-corrected chi connectivity index (χ0v) is 8.02. The molecule has 0 atom stereocenters. The van der Waals surface area contributed by atoms with Gasteiger partial charge in [0.25, 0.3) is 0 Å². The van der Waals surface area contributed by atoms with E-state index in [1.54, 1.807) is 11.3 Å². The molecule has 68 valence electrons. The second-order valence-corrected chi connectivity index (χ2v) is 3.79. The van der Waals surface area contributed by atoms with Crippen LogP contribution in [0.2, 0.25) is 0 Å². The molecule has 0 aliphatic heterocycles. The lowest BCUT2D eigenvalue weighted by Crippen LogP contribution is -2.23. The largest absolute Gasteiger partial charge is 0.330 e. The molecule has 0 saturated heterocycles. The second kappa shape index (κ2) is 5.30. The molecule has 1 aromatic rings. The van der Waals surface area contributed by atoms with Gasteiger partial charge in [-0.15, -0.1) is 0 Å². The molecule has 0 aliphatic rings. The van der Waals surface area contributed by atoms with Crippen molar-refractivity contribution in [2.45, 2.75) is 12.8 Å². The van der Waals surface area contributed by atoms with Crippen LogP contribution in [0.1, 0.15) is 12.0 Å². The highest BCUT2D eigenvalue weighted by Gasteiger charge is 2.03. The Balaban J connectivity index is 2.25. The molecule has 12 heavy (non-hydrogen) atoms. The summed E-state index contributed by atoms with van der Waals surface area (Å²) in [5.74, 6) is 0.491. The third kappa shape index (κ3) is 2.93. The van der Waals surface area contributed by atoms with Gasteiger partial charge in [0.1, 0.15) is 0 Å². The molecule has 2 nitrogen and oxygen atoms in total. The molecule has 0 bridgehead atoms. The molecule has 0 spiro atoms. The first-order valence-corrected chi connectivity index (χ1v) is 5.22. The van der Waals surface area contributed by atoms with Crippen LogP contribution in [0, 0.1) is 5.92 Å². The van der Waals surface area contributed by atoms with E-state index in [9.17, 15) is 0 Å². The minimum atomic E-state index is 0.491. The van der Waals surface area contributed by atoms with Gasteiger partial charge < -0.3 is 11.5 Å². The highest BCUT2D eigenvalue weighted by molar-refractivity contribution is 7.07. The van der Waals surface area contributed by atoms with Gasteiger partial charge in [-0.2, -0.15) is 11.3 Å². The molecule has 0 aliphatic carbocycles. The van der Waals surface area contributed by atoms with Gasteiger partial charge in [-0.25, -0.2) is 0 Å². The van der Waals surface area contributed by atoms with Crippen LogP contribution in [0.25, 0.3) is 0 Å². The van der Waals surface area contributed by atoms with Gasteiger partial charge >= 0.3 is 0 Å². The molecule has 1 heterocycles. The normalized spacial score (nSPS) is 10.9. The number of hydrogen-bond acceptors (Lipinski definition) is 3. The Bertz CT molecular complexity index is 192. The van der Waals surface area contributed by atoms with E-state index in [1.165, 1.54) is 5.56 Å². The van der Waals surface area contributed by atoms with Crippen LogP contribution in [0.3, 0.4) is 0 Å². The van der Waals surface area contributed by atoms with Gasteiger partial charge in [0.15, 0.2) is 0 Å². The molecular formula is C9H16N2S. The van der Waals surface area contributed by atoms with E-state index in [0.29, 0.717) is 19.0 Å². The summed E-state index contributed by atoms with van der Waals surface area (Å²) in [6.45, 7) is 1.42. The Kier molecular flexibility index (Phi) is 4.29. The number of thiophene rings is 1. The molecule has 0 saturated carbocycles. The summed E-state index contributed by atoms with van der Waals surface area (Å²) < 4.78 is 0. The van der Waals surface area contributed by atoms with Crippen molar-refractivity contribution in [2.75, 3.05) is 13.1 Å². The van der Waals surface area contributed by atoms with E-state index in [0.717, 1.165) is 12.8 Å². The number of nitrogens with two attached hydrogens (primary N) is 2. The van der Waals surface area contributed by atoms with Crippen LogP contribution in [0.4, 0.5) is 0 Å². The monoisotopic (exact) mass is 184 g/mol. The SMILES string of the molecule is NCC(CN)CCc1ccsc1. The Labute approximate surface area is 77.6 Å². The molecule has 0 aromatic carbocycles. The first-order chi connectivity index (χ1) is 5.86. The molecule has 0 radical (unpaired) electrons. The van der Waals surface area contributed by atoms with Crippen LogP contribution in [0.15, 0.2) is 16.8 Å². The zero-order chi connectivity index (χ0) is 8.81. The molecular weight excluding hydrogens is 168 g/mol. The summed E-state index contributed by atoms with van der Waals surface area (Å²) in [6, 6.07) is 2.16. The third-order valence-corrected chi connectivity index (χ3v) is 2.82. The molecule has 3 heteroatoms. The molecule has 0 unspecified atom stereocenters. The van der Waals surface area contributed by atoms with E-state index >= 15 is 0 Å². The van der Waals surface area contributed by atoms with Crippen LogP contribution in [-0.2, 0) is 6.42 Å². The molecule has 4 N–H and O–H groups in total. The van der Waals surface area contributed by atoms with E-state index in [-0.39, 0.29) is 0 Å². The van der Waals surface area contributed by atoms with E-state index < -0.39 is 0 Å². The molecule has 0 amide bonds. The fraction of sp³-hybridized carbons (Fsp3) is 0.556. The highest BCUT2D eigenvalue weighted by atomic mass is 32.1. The maximum Gasteiger partial charge on any atom is -0.00367 e. The summed E-state index contributed by atoms with van der Waals surface area (Å²) in [6.07, 6.45) is 2.23. The van der Waals surface area contributed by atoms with Crippen molar-refractivity contribution >= 4 is 11.3 Å². The number of hydrogen-bond donors (Lipinski definition) is 2. The zero-order valence-electron chi connectivity index (χ0n) is 7.20. The average Bonchev–Trinajstić information content (AvgIpc) is 2.59. The van der Waals surface area contributed by atoms with E-state index in [4.69, 9.17) is 11.5 Å². The van der Waals surface area contributed by atoms with Gasteiger partial charge in [-0.1, -0.05) is 0 Å². The fourth-order valence-electron chi connectivity index (χ4n) is 1.14. The van der Waals surface area contributed by atoms with Crippen molar-refractivity contribution in [3.63, 3.8) is 0 Å². The van der Waals surface area contributed by atoms with Gasteiger partial charge in [-0.3, -0.25) is 0 Å². The van der Waals surface area contributed by atoms with Crippen LogP contribution in [0.5, 0.6) is 0 Å². The lowest BCUT2D eigenvalue weighted by molar-refractivity contribution is 0.508. The van der Waals surface area contributed by atoms with Gasteiger partial charge in [0, 0.05) is 0 Å². The quantitative estimate of drug-likeness (QED) is 0.723. The smallest absolute Gasteiger partial charge is 0.00367 e. The second-order valence-electron chi connectivity index (χ2n) is 3.01. The van der Waals surface area contributed by atoms with Crippen LogP contribution >= 0.6 is 11.3 Å².